The standard InChI is InChI=1S/C11H20FNO.2ClH/c12-10-8-14-7-6-11(10)13-9-4-2-1-3-5-9;;/h9-11,13H,1-8H2;2*1H. The maximum Gasteiger partial charge on any atom is 0.139 e. The maximum absolute atomic E-state index is 13.4. The Morgan fingerprint density at radius 3 is 2.31 bits per heavy atom. The van der Waals surface area contributed by atoms with Crippen molar-refractivity contribution < 1.29 is 9.13 Å². The zero-order valence-corrected chi connectivity index (χ0v) is 11.1. The Morgan fingerprint density at radius 2 is 1.69 bits per heavy atom. The molecule has 1 saturated heterocycles. The summed E-state index contributed by atoms with van der Waals surface area (Å²) < 4.78 is 18.5. The van der Waals surface area contributed by atoms with Crippen LogP contribution < -0.4 is 5.32 Å². The molecule has 0 radical (unpaired) electrons. The lowest BCUT2D eigenvalue weighted by atomic mass is 9.94. The summed E-state index contributed by atoms with van der Waals surface area (Å²) in [6.45, 7) is 0.995. The first-order valence-electron chi connectivity index (χ1n) is 5.84. The van der Waals surface area contributed by atoms with E-state index in [0.717, 1.165) is 6.42 Å². The van der Waals surface area contributed by atoms with Gasteiger partial charge in [-0.25, -0.2) is 4.39 Å². The number of alkyl halides is 1. The van der Waals surface area contributed by atoms with Crippen molar-refractivity contribution in [1.29, 1.82) is 0 Å². The fraction of sp³-hybridized carbons (Fsp3) is 1.00. The fourth-order valence-electron chi connectivity index (χ4n) is 2.46. The highest BCUT2D eigenvalue weighted by Crippen LogP contribution is 2.20. The summed E-state index contributed by atoms with van der Waals surface area (Å²) in [5.74, 6) is 0. The summed E-state index contributed by atoms with van der Waals surface area (Å²) in [5.41, 5.74) is 0. The molecule has 1 aliphatic heterocycles. The Bertz CT molecular complexity index is 179. The normalized spacial score (nSPS) is 31.3. The SMILES string of the molecule is Cl.Cl.FC1COCCC1NC1CCCCC1. The van der Waals surface area contributed by atoms with Crippen LogP contribution in [0.3, 0.4) is 0 Å². The molecule has 16 heavy (non-hydrogen) atoms. The van der Waals surface area contributed by atoms with Gasteiger partial charge in [-0.05, 0) is 19.3 Å². The van der Waals surface area contributed by atoms with Gasteiger partial charge in [0.1, 0.15) is 6.17 Å². The second-order valence-electron chi connectivity index (χ2n) is 4.49. The minimum atomic E-state index is -0.800. The largest absolute Gasteiger partial charge is 0.378 e. The van der Waals surface area contributed by atoms with Crippen LogP contribution in [0.15, 0.2) is 0 Å². The van der Waals surface area contributed by atoms with Crippen molar-refractivity contribution in [2.45, 2.75) is 56.8 Å². The molecule has 2 unspecified atom stereocenters. The third kappa shape index (κ3) is 4.74. The Hall–Kier alpha value is 0.430. The Labute approximate surface area is 110 Å². The molecule has 0 aromatic carbocycles. The predicted octanol–water partition coefficient (Wildman–Crippen LogP) is 2.88. The molecule has 0 aromatic heterocycles. The molecule has 98 valence electrons. The second-order valence-corrected chi connectivity index (χ2v) is 4.49. The van der Waals surface area contributed by atoms with E-state index in [1.807, 2.05) is 0 Å². The number of rotatable bonds is 2. The van der Waals surface area contributed by atoms with Gasteiger partial charge in [0.25, 0.3) is 0 Å². The van der Waals surface area contributed by atoms with Gasteiger partial charge in [-0.2, -0.15) is 0 Å². The molecule has 0 amide bonds. The molecule has 2 rings (SSSR count). The molecule has 1 saturated carbocycles. The summed E-state index contributed by atoms with van der Waals surface area (Å²) in [7, 11) is 0. The van der Waals surface area contributed by atoms with Crippen molar-refractivity contribution in [3.63, 3.8) is 0 Å². The monoisotopic (exact) mass is 273 g/mol. The van der Waals surface area contributed by atoms with E-state index in [2.05, 4.69) is 5.32 Å². The predicted molar refractivity (Wildman–Crippen MR) is 68.6 cm³/mol. The molecule has 2 aliphatic rings. The minimum Gasteiger partial charge on any atom is -0.378 e. The van der Waals surface area contributed by atoms with Crippen LogP contribution in [0.25, 0.3) is 0 Å². The van der Waals surface area contributed by atoms with Crippen molar-refractivity contribution in [2.24, 2.45) is 0 Å². The summed E-state index contributed by atoms with van der Waals surface area (Å²) in [4.78, 5) is 0. The van der Waals surface area contributed by atoms with Crippen LogP contribution in [-0.4, -0.2) is 31.5 Å². The highest BCUT2D eigenvalue weighted by atomic mass is 35.5. The molecule has 5 heteroatoms. The highest BCUT2D eigenvalue weighted by Gasteiger charge is 2.27. The Morgan fingerprint density at radius 1 is 1.00 bits per heavy atom. The molecule has 2 nitrogen and oxygen atoms in total. The summed E-state index contributed by atoms with van der Waals surface area (Å²) in [6.07, 6.45) is 6.44. The first kappa shape index (κ1) is 16.4. The number of nitrogens with one attached hydrogen (secondary N) is 1. The van der Waals surface area contributed by atoms with Crippen molar-refractivity contribution in [1.82, 2.24) is 5.32 Å². The van der Waals surface area contributed by atoms with Crippen molar-refractivity contribution >= 4 is 24.8 Å². The molecule has 0 spiro atoms. The third-order valence-electron chi connectivity index (χ3n) is 3.34. The highest BCUT2D eigenvalue weighted by molar-refractivity contribution is 5.85. The van der Waals surface area contributed by atoms with Crippen LogP contribution in [-0.2, 0) is 4.74 Å². The molecular weight excluding hydrogens is 252 g/mol. The summed E-state index contributed by atoms with van der Waals surface area (Å²) in [5, 5.41) is 3.45. The molecule has 0 aromatic rings. The molecule has 2 fully saturated rings. The van der Waals surface area contributed by atoms with E-state index < -0.39 is 6.17 Å². The zero-order chi connectivity index (χ0) is 9.80. The van der Waals surface area contributed by atoms with Crippen molar-refractivity contribution in [3.05, 3.63) is 0 Å². The van der Waals surface area contributed by atoms with E-state index in [-0.39, 0.29) is 37.5 Å². The average molecular weight is 274 g/mol. The second kappa shape index (κ2) is 8.51. The number of hydrogen-bond acceptors (Lipinski definition) is 2. The summed E-state index contributed by atoms with van der Waals surface area (Å²) >= 11 is 0. The number of ether oxygens (including phenoxy) is 1. The van der Waals surface area contributed by atoms with E-state index >= 15 is 0 Å². The van der Waals surface area contributed by atoms with E-state index in [1.54, 1.807) is 0 Å². The van der Waals surface area contributed by atoms with Crippen LogP contribution in [0.4, 0.5) is 4.39 Å². The third-order valence-corrected chi connectivity index (χ3v) is 3.34. The van der Waals surface area contributed by atoms with Gasteiger partial charge in [0.05, 0.1) is 6.61 Å². The molecule has 0 bridgehead atoms. The number of hydrogen-bond donors (Lipinski definition) is 1. The smallest absolute Gasteiger partial charge is 0.139 e. The molecular formula is C11H22Cl2FNO. The molecule has 1 aliphatic carbocycles. The number of halogens is 3. The molecule has 1 heterocycles. The van der Waals surface area contributed by atoms with E-state index in [0.29, 0.717) is 12.6 Å². The van der Waals surface area contributed by atoms with Crippen LogP contribution in [0, 0.1) is 0 Å². The van der Waals surface area contributed by atoms with Crippen LogP contribution >= 0.6 is 24.8 Å². The maximum atomic E-state index is 13.4. The summed E-state index contributed by atoms with van der Waals surface area (Å²) in [6, 6.07) is 0.608. The van der Waals surface area contributed by atoms with Crippen LogP contribution in [0.2, 0.25) is 0 Å². The first-order valence-corrected chi connectivity index (χ1v) is 5.84. The van der Waals surface area contributed by atoms with Crippen molar-refractivity contribution in [3.8, 4) is 0 Å². The Kier molecular flexibility index (Phi) is 8.74. The van der Waals surface area contributed by atoms with Gasteiger partial charge in [0.15, 0.2) is 0 Å². The van der Waals surface area contributed by atoms with Gasteiger partial charge in [-0.15, -0.1) is 24.8 Å². The quantitative estimate of drug-likeness (QED) is 0.836. The van der Waals surface area contributed by atoms with E-state index in [4.69, 9.17) is 4.74 Å². The average Bonchev–Trinajstić information content (AvgIpc) is 2.23. The van der Waals surface area contributed by atoms with E-state index in [9.17, 15) is 4.39 Å². The van der Waals surface area contributed by atoms with Gasteiger partial charge in [-0.3, -0.25) is 0 Å². The van der Waals surface area contributed by atoms with Crippen molar-refractivity contribution in [2.75, 3.05) is 13.2 Å². The lowest BCUT2D eigenvalue weighted by molar-refractivity contribution is 0.00965. The fourth-order valence-corrected chi connectivity index (χ4v) is 2.46. The lowest BCUT2D eigenvalue weighted by Gasteiger charge is -2.32. The van der Waals surface area contributed by atoms with Gasteiger partial charge < -0.3 is 10.1 Å². The minimum absolute atomic E-state index is 0. The van der Waals surface area contributed by atoms with Crippen LogP contribution in [0.5, 0.6) is 0 Å². The van der Waals surface area contributed by atoms with Crippen LogP contribution in [0.1, 0.15) is 38.5 Å². The van der Waals surface area contributed by atoms with Gasteiger partial charge in [-0.1, -0.05) is 19.3 Å². The van der Waals surface area contributed by atoms with Gasteiger partial charge >= 0.3 is 0 Å². The molecule has 2 atom stereocenters. The lowest BCUT2D eigenvalue weighted by Crippen LogP contribution is -2.49. The van der Waals surface area contributed by atoms with E-state index in [1.165, 1.54) is 32.1 Å². The van der Waals surface area contributed by atoms with Gasteiger partial charge in [0.2, 0.25) is 0 Å². The first-order chi connectivity index (χ1) is 6.86. The zero-order valence-electron chi connectivity index (χ0n) is 9.49. The van der Waals surface area contributed by atoms with Gasteiger partial charge in [0, 0.05) is 18.7 Å². The Balaban J connectivity index is 0.00000112. The molecule has 1 N–H and O–H groups in total. The topological polar surface area (TPSA) is 21.3 Å².